The Morgan fingerprint density at radius 3 is 2.62 bits per heavy atom. The van der Waals surface area contributed by atoms with E-state index in [1.54, 1.807) is 31.2 Å². The molecule has 1 aliphatic rings. The number of nitrogens with one attached hydrogen (secondary N) is 1. The maximum Gasteiger partial charge on any atom is 0.350 e. The van der Waals surface area contributed by atoms with Crippen LogP contribution in [0.15, 0.2) is 53.3 Å². The largest absolute Gasteiger partial charge is 0.462 e. The molecule has 0 bridgehead atoms. The summed E-state index contributed by atoms with van der Waals surface area (Å²) in [6.07, 6.45) is 3.34. The van der Waals surface area contributed by atoms with Crippen LogP contribution in [0.25, 0.3) is 10.9 Å². The first-order valence-electron chi connectivity index (χ1n) is 10.9. The van der Waals surface area contributed by atoms with Crippen molar-refractivity contribution in [1.29, 1.82) is 0 Å². The highest BCUT2D eigenvalue weighted by molar-refractivity contribution is 5.96. The van der Waals surface area contributed by atoms with Crippen molar-refractivity contribution in [2.45, 2.75) is 32.7 Å². The van der Waals surface area contributed by atoms with Crippen molar-refractivity contribution in [3.8, 4) is 0 Å². The van der Waals surface area contributed by atoms with Crippen LogP contribution in [0, 0.1) is 0 Å². The van der Waals surface area contributed by atoms with Gasteiger partial charge in [0.2, 0.25) is 5.91 Å². The fourth-order valence-electron chi connectivity index (χ4n) is 3.99. The van der Waals surface area contributed by atoms with Gasteiger partial charge in [-0.3, -0.25) is 9.36 Å². The molecule has 166 valence electrons. The number of fused-ring (bicyclic) bond motifs is 1. The monoisotopic (exact) mass is 434 g/mol. The molecule has 1 aliphatic heterocycles. The fraction of sp³-hybridized carbons (Fsp3) is 0.333. The lowest BCUT2D eigenvalue weighted by Crippen LogP contribution is -2.35. The minimum Gasteiger partial charge on any atom is -0.462 e. The normalized spacial score (nSPS) is 13.7. The zero-order chi connectivity index (χ0) is 22.5. The fourth-order valence-corrected chi connectivity index (χ4v) is 3.99. The number of hydrogen-bond donors (Lipinski definition) is 1. The second kappa shape index (κ2) is 9.64. The number of carbonyl (C=O) groups is 2. The highest BCUT2D eigenvalue weighted by atomic mass is 16.5. The second-order valence-electron chi connectivity index (χ2n) is 7.72. The number of esters is 1. The quantitative estimate of drug-likeness (QED) is 0.599. The molecule has 0 spiro atoms. The van der Waals surface area contributed by atoms with Crippen LogP contribution < -0.4 is 15.9 Å². The molecule has 0 saturated carbocycles. The summed E-state index contributed by atoms with van der Waals surface area (Å²) >= 11 is 0. The number of anilines is 2. The Labute approximate surface area is 185 Å². The molecule has 1 saturated heterocycles. The zero-order valence-corrected chi connectivity index (χ0v) is 18.0. The number of piperidine rings is 1. The van der Waals surface area contributed by atoms with Gasteiger partial charge in [-0.05, 0) is 56.5 Å². The summed E-state index contributed by atoms with van der Waals surface area (Å²) in [5, 5.41) is 3.61. The van der Waals surface area contributed by atoms with Crippen molar-refractivity contribution in [1.82, 2.24) is 9.55 Å². The van der Waals surface area contributed by atoms with Crippen LogP contribution in [-0.4, -0.2) is 41.1 Å². The van der Waals surface area contributed by atoms with E-state index in [1.165, 1.54) is 11.0 Å². The van der Waals surface area contributed by atoms with Crippen molar-refractivity contribution in [3.05, 3.63) is 64.6 Å². The summed E-state index contributed by atoms with van der Waals surface area (Å²) in [5.41, 5.74) is 1.01. The van der Waals surface area contributed by atoms with Crippen molar-refractivity contribution < 1.29 is 14.3 Å². The number of rotatable bonds is 6. The predicted molar refractivity (Wildman–Crippen MR) is 123 cm³/mol. The lowest BCUT2D eigenvalue weighted by molar-refractivity contribution is -0.116. The van der Waals surface area contributed by atoms with Gasteiger partial charge in [0.1, 0.15) is 12.4 Å². The van der Waals surface area contributed by atoms with E-state index in [2.05, 4.69) is 15.2 Å². The average Bonchev–Trinajstić information content (AvgIpc) is 2.81. The molecular formula is C24H26N4O4. The maximum absolute atomic E-state index is 12.9. The topological polar surface area (TPSA) is 93.5 Å². The molecule has 0 aliphatic carbocycles. The highest BCUT2D eigenvalue weighted by Crippen LogP contribution is 2.25. The van der Waals surface area contributed by atoms with Crippen molar-refractivity contribution in [2.24, 2.45) is 0 Å². The minimum absolute atomic E-state index is 0.184. The molecule has 32 heavy (non-hydrogen) atoms. The second-order valence-corrected chi connectivity index (χ2v) is 7.72. The zero-order valence-electron chi connectivity index (χ0n) is 18.0. The summed E-state index contributed by atoms with van der Waals surface area (Å²) in [5.74, 6) is -0.154. The van der Waals surface area contributed by atoms with Crippen LogP contribution >= 0.6 is 0 Å². The Morgan fingerprint density at radius 1 is 1.06 bits per heavy atom. The molecule has 0 atom stereocenters. The van der Waals surface area contributed by atoms with Gasteiger partial charge in [-0.15, -0.1) is 0 Å². The summed E-state index contributed by atoms with van der Waals surface area (Å²) in [4.78, 5) is 44.1. The Balaban J connectivity index is 1.59. The van der Waals surface area contributed by atoms with E-state index in [9.17, 15) is 14.4 Å². The molecule has 4 rings (SSSR count). The third-order valence-corrected chi connectivity index (χ3v) is 5.48. The van der Waals surface area contributed by atoms with Crippen LogP contribution in [-0.2, 0) is 16.1 Å². The Kier molecular flexibility index (Phi) is 6.49. The van der Waals surface area contributed by atoms with Gasteiger partial charge in [-0.1, -0.05) is 18.2 Å². The SMILES string of the molecule is CCOC(=O)c1cccc(NC(=O)Cn2c(=O)nc(N3CCCCC3)c3ccccc32)c1. The van der Waals surface area contributed by atoms with Gasteiger partial charge in [-0.2, -0.15) is 4.98 Å². The van der Waals surface area contributed by atoms with Crippen LogP contribution in [0.4, 0.5) is 11.5 Å². The van der Waals surface area contributed by atoms with E-state index in [0.29, 0.717) is 22.6 Å². The summed E-state index contributed by atoms with van der Waals surface area (Å²) in [6, 6.07) is 14.0. The number of amides is 1. The van der Waals surface area contributed by atoms with Gasteiger partial charge in [0, 0.05) is 24.2 Å². The van der Waals surface area contributed by atoms with E-state index in [-0.39, 0.29) is 19.1 Å². The molecule has 0 unspecified atom stereocenters. The summed E-state index contributed by atoms with van der Waals surface area (Å²) in [7, 11) is 0. The molecule has 0 radical (unpaired) electrons. The van der Waals surface area contributed by atoms with E-state index >= 15 is 0 Å². The molecule has 2 heterocycles. The standard InChI is InChI=1S/C24H26N4O4/c1-2-32-23(30)17-9-8-10-18(15-17)25-21(29)16-28-20-12-5-4-11-19(20)22(26-24(28)31)27-13-6-3-7-14-27/h4-5,8-12,15H,2-3,6-7,13-14,16H2,1H3,(H,25,29). The van der Waals surface area contributed by atoms with Crippen molar-refractivity contribution in [2.75, 3.05) is 29.9 Å². The van der Waals surface area contributed by atoms with E-state index in [4.69, 9.17) is 4.74 Å². The minimum atomic E-state index is -0.459. The molecule has 8 heteroatoms. The molecular weight excluding hydrogens is 408 g/mol. The maximum atomic E-state index is 12.9. The number of hydrogen-bond acceptors (Lipinski definition) is 6. The predicted octanol–water partition coefficient (Wildman–Crippen LogP) is 3.20. The van der Waals surface area contributed by atoms with E-state index in [0.717, 1.165) is 31.3 Å². The van der Waals surface area contributed by atoms with Crippen LogP contribution in [0.1, 0.15) is 36.5 Å². The molecule has 1 aromatic heterocycles. The first-order chi connectivity index (χ1) is 15.6. The molecule has 2 aromatic carbocycles. The number of carbonyl (C=O) groups excluding carboxylic acids is 2. The summed E-state index contributed by atoms with van der Waals surface area (Å²) in [6.45, 7) is 3.56. The van der Waals surface area contributed by atoms with Gasteiger partial charge in [-0.25, -0.2) is 9.59 Å². The van der Waals surface area contributed by atoms with Crippen LogP contribution in [0.5, 0.6) is 0 Å². The lowest BCUT2D eigenvalue weighted by Gasteiger charge is -2.28. The van der Waals surface area contributed by atoms with Gasteiger partial charge >= 0.3 is 11.7 Å². The molecule has 8 nitrogen and oxygen atoms in total. The van der Waals surface area contributed by atoms with Crippen LogP contribution in [0.2, 0.25) is 0 Å². The number of benzene rings is 2. The number of aromatic nitrogens is 2. The van der Waals surface area contributed by atoms with Crippen LogP contribution in [0.3, 0.4) is 0 Å². The first kappa shape index (κ1) is 21.5. The smallest absolute Gasteiger partial charge is 0.350 e. The van der Waals surface area contributed by atoms with Gasteiger partial charge in [0.15, 0.2) is 0 Å². The number of ether oxygens (including phenoxy) is 1. The summed E-state index contributed by atoms with van der Waals surface area (Å²) < 4.78 is 6.38. The molecule has 1 fully saturated rings. The number of nitrogens with zero attached hydrogens (tertiary/aromatic N) is 3. The first-order valence-corrected chi connectivity index (χ1v) is 10.9. The molecule has 1 amide bonds. The average molecular weight is 434 g/mol. The molecule has 3 aromatic rings. The third kappa shape index (κ3) is 4.64. The Hall–Kier alpha value is -3.68. The number of para-hydroxylation sites is 1. The third-order valence-electron chi connectivity index (χ3n) is 5.48. The highest BCUT2D eigenvalue weighted by Gasteiger charge is 2.19. The Bertz CT molecular complexity index is 1200. The van der Waals surface area contributed by atoms with Crippen molar-refractivity contribution >= 4 is 34.3 Å². The van der Waals surface area contributed by atoms with Gasteiger partial charge in [0.05, 0.1) is 17.7 Å². The van der Waals surface area contributed by atoms with E-state index in [1.807, 2.05) is 24.3 Å². The van der Waals surface area contributed by atoms with Gasteiger partial charge in [0.25, 0.3) is 0 Å². The van der Waals surface area contributed by atoms with Gasteiger partial charge < -0.3 is 15.0 Å². The lowest BCUT2D eigenvalue weighted by atomic mass is 10.1. The van der Waals surface area contributed by atoms with E-state index < -0.39 is 11.7 Å². The Morgan fingerprint density at radius 2 is 1.84 bits per heavy atom. The van der Waals surface area contributed by atoms with Crippen molar-refractivity contribution in [3.63, 3.8) is 0 Å². The molecule has 1 N–H and O–H groups in total.